The van der Waals surface area contributed by atoms with E-state index < -0.39 is 5.37 Å². The zero-order valence-electron chi connectivity index (χ0n) is 12.4. The first-order chi connectivity index (χ1) is 10.6. The predicted octanol–water partition coefficient (Wildman–Crippen LogP) is 3.94. The summed E-state index contributed by atoms with van der Waals surface area (Å²) < 4.78 is 0. The third kappa shape index (κ3) is 2.72. The molecule has 2 amide bonds. The lowest BCUT2D eigenvalue weighted by atomic mass is 10.1. The molecule has 0 aromatic heterocycles. The average molecular weight is 312 g/mol. The van der Waals surface area contributed by atoms with Crippen molar-refractivity contribution in [2.75, 3.05) is 10.2 Å². The summed E-state index contributed by atoms with van der Waals surface area (Å²) in [5.74, 6) is -0.235. The zero-order chi connectivity index (χ0) is 15.7. The van der Waals surface area contributed by atoms with Crippen LogP contribution < -0.4 is 10.2 Å². The summed E-state index contributed by atoms with van der Waals surface area (Å²) in [6.45, 7) is 4.00. The maximum atomic E-state index is 12.5. The summed E-state index contributed by atoms with van der Waals surface area (Å²) in [4.78, 5) is 25.9. The normalized spacial score (nSPS) is 17.9. The van der Waals surface area contributed by atoms with E-state index in [1.165, 1.54) is 4.90 Å². The zero-order valence-corrected chi connectivity index (χ0v) is 13.2. The monoisotopic (exact) mass is 312 g/mol. The second-order valence-corrected chi connectivity index (χ2v) is 6.29. The van der Waals surface area contributed by atoms with E-state index in [1.54, 1.807) is 12.1 Å². The lowest BCUT2D eigenvalue weighted by molar-refractivity contribution is -0.116. The first-order valence-electron chi connectivity index (χ1n) is 6.99. The molecule has 1 atom stereocenters. The molecule has 1 aliphatic rings. The Bertz CT molecular complexity index is 731. The highest BCUT2D eigenvalue weighted by Gasteiger charge is 2.40. The van der Waals surface area contributed by atoms with Crippen LogP contribution in [0.5, 0.6) is 0 Å². The Morgan fingerprint density at radius 1 is 1.05 bits per heavy atom. The van der Waals surface area contributed by atoms with Crippen molar-refractivity contribution in [3.63, 3.8) is 0 Å². The predicted molar refractivity (Wildman–Crippen MR) is 90.2 cm³/mol. The van der Waals surface area contributed by atoms with Gasteiger partial charge in [-0.2, -0.15) is 0 Å². The van der Waals surface area contributed by atoms with Crippen LogP contribution in [0.3, 0.4) is 0 Å². The molecule has 1 heterocycles. The van der Waals surface area contributed by atoms with Crippen LogP contribution in [0.15, 0.2) is 48.5 Å². The minimum absolute atomic E-state index is 0.235. The molecule has 0 spiro atoms. The Kier molecular flexibility index (Phi) is 3.90. The van der Waals surface area contributed by atoms with Crippen LogP contribution in [0.4, 0.5) is 16.2 Å². The third-order valence-corrected chi connectivity index (χ3v) is 4.47. The number of rotatable bonds is 3. The molecular weight excluding hydrogens is 296 g/mol. The molecular formula is C17H16N2O2S. The minimum Gasteiger partial charge on any atom is -0.365 e. The van der Waals surface area contributed by atoms with E-state index in [0.717, 1.165) is 28.6 Å². The van der Waals surface area contributed by atoms with E-state index >= 15 is 0 Å². The third-order valence-electron chi connectivity index (χ3n) is 3.53. The van der Waals surface area contributed by atoms with Crippen molar-refractivity contribution in [1.82, 2.24) is 0 Å². The van der Waals surface area contributed by atoms with E-state index in [1.807, 2.05) is 50.2 Å². The van der Waals surface area contributed by atoms with Crippen molar-refractivity contribution in [3.05, 3.63) is 59.7 Å². The van der Waals surface area contributed by atoms with Crippen molar-refractivity contribution in [2.45, 2.75) is 19.2 Å². The number of imide groups is 1. The first kappa shape index (κ1) is 14.7. The number of carbonyl (C=O) groups is 2. The molecule has 0 saturated carbocycles. The number of anilines is 2. The maximum absolute atomic E-state index is 12.5. The Hall–Kier alpha value is -2.27. The topological polar surface area (TPSA) is 49.4 Å². The number of thioether (sulfide) groups is 1. The molecule has 0 aliphatic carbocycles. The van der Waals surface area contributed by atoms with Gasteiger partial charge in [0, 0.05) is 5.69 Å². The number of hydrogen-bond acceptors (Lipinski definition) is 4. The molecule has 3 rings (SSSR count). The highest BCUT2D eigenvalue weighted by molar-refractivity contribution is 8.16. The molecule has 1 N–H and O–H groups in total. The number of hydrogen-bond donors (Lipinski definition) is 1. The highest BCUT2D eigenvalue weighted by atomic mass is 32.2. The Morgan fingerprint density at radius 3 is 2.45 bits per heavy atom. The fourth-order valence-electron chi connectivity index (χ4n) is 2.43. The molecule has 22 heavy (non-hydrogen) atoms. The minimum atomic E-state index is -0.589. The van der Waals surface area contributed by atoms with Crippen molar-refractivity contribution < 1.29 is 9.59 Å². The Balaban J connectivity index is 1.82. The second kappa shape index (κ2) is 5.85. The van der Waals surface area contributed by atoms with Gasteiger partial charge in [-0.1, -0.05) is 35.9 Å². The summed E-state index contributed by atoms with van der Waals surface area (Å²) in [6.07, 6.45) is 0. The van der Waals surface area contributed by atoms with Crippen LogP contribution in [0.25, 0.3) is 0 Å². The van der Waals surface area contributed by atoms with E-state index in [4.69, 9.17) is 0 Å². The van der Waals surface area contributed by atoms with Crippen molar-refractivity contribution >= 4 is 34.3 Å². The number of para-hydroxylation sites is 1. The van der Waals surface area contributed by atoms with Crippen LogP contribution in [0.2, 0.25) is 0 Å². The molecule has 1 aliphatic heterocycles. The fraction of sp³-hybridized carbons (Fsp3) is 0.176. The number of benzene rings is 2. The van der Waals surface area contributed by atoms with Gasteiger partial charge in [0.1, 0.15) is 0 Å². The molecule has 1 saturated heterocycles. The van der Waals surface area contributed by atoms with Gasteiger partial charge in [-0.15, -0.1) is 0 Å². The first-order valence-corrected chi connectivity index (χ1v) is 7.87. The maximum Gasteiger partial charge on any atom is 0.295 e. The largest absolute Gasteiger partial charge is 0.365 e. The molecule has 0 unspecified atom stereocenters. The lowest BCUT2D eigenvalue weighted by Gasteiger charge is -2.16. The molecule has 0 bridgehead atoms. The summed E-state index contributed by atoms with van der Waals surface area (Å²) in [5, 5.41) is 2.33. The van der Waals surface area contributed by atoms with Gasteiger partial charge in [0.25, 0.3) is 11.1 Å². The molecule has 4 nitrogen and oxygen atoms in total. The van der Waals surface area contributed by atoms with Crippen LogP contribution in [-0.4, -0.2) is 16.5 Å². The number of aryl methyl sites for hydroxylation is 2. The van der Waals surface area contributed by atoms with E-state index in [-0.39, 0.29) is 11.1 Å². The number of nitrogens with zero attached hydrogens (tertiary/aromatic N) is 1. The standard InChI is InChI=1S/C17H16N2O2S/c1-11-8-9-14(12(2)10-11)18-15-16(20)19(17(21)22-15)13-6-4-3-5-7-13/h3-10,15,18H,1-2H3/t15-/m0/s1. The molecule has 1 fully saturated rings. The summed E-state index contributed by atoms with van der Waals surface area (Å²) >= 11 is 1.01. The number of nitrogens with one attached hydrogen (secondary N) is 1. The van der Waals surface area contributed by atoms with Crippen LogP contribution in [-0.2, 0) is 4.79 Å². The second-order valence-electron chi connectivity index (χ2n) is 5.24. The molecule has 5 heteroatoms. The molecule has 112 valence electrons. The van der Waals surface area contributed by atoms with Crippen LogP contribution >= 0.6 is 11.8 Å². The van der Waals surface area contributed by atoms with Gasteiger partial charge in [0.05, 0.1) is 5.69 Å². The van der Waals surface area contributed by atoms with E-state index in [2.05, 4.69) is 5.32 Å². The van der Waals surface area contributed by atoms with Gasteiger partial charge in [-0.05, 0) is 49.4 Å². The van der Waals surface area contributed by atoms with Gasteiger partial charge in [0.2, 0.25) is 0 Å². The SMILES string of the molecule is Cc1ccc(N[C@H]2SC(=O)N(c3ccccc3)C2=O)c(C)c1. The average Bonchev–Trinajstić information content (AvgIpc) is 2.77. The summed E-state index contributed by atoms with van der Waals surface area (Å²) in [7, 11) is 0. The highest BCUT2D eigenvalue weighted by Crippen LogP contribution is 2.32. The van der Waals surface area contributed by atoms with Gasteiger partial charge in [0.15, 0.2) is 5.37 Å². The van der Waals surface area contributed by atoms with Gasteiger partial charge >= 0.3 is 0 Å². The summed E-state index contributed by atoms with van der Waals surface area (Å²) in [5.41, 5.74) is 3.70. The van der Waals surface area contributed by atoms with Gasteiger partial charge < -0.3 is 5.32 Å². The number of amides is 2. The Labute approximate surface area is 133 Å². The Morgan fingerprint density at radius 2 is 1.77 bits per heavy atom. The summed E-state index contributed by atoms with van der Waals surface area (Å²) in [6, 6.07) is 15.0. The van der Waals surface area contributed by atoms with E-state index in [0.29, 0.717) is 5.69 Å². The molecule has 2 aromatic carbocycles. The van der Waals surface area contributed by atoms with E-state index in [9.17, 15) is 9.59 Å². The quantitative estimate of drug-likeness (QED) is 0.932. The number of carbonyl (C=O) groups excluding carboxylic acids is 2. The van der Waals surface area contributed by atoms with Crippen LogP contribution in [0.1, 0.15) is 11.1 Å². The molecule has 0 radical (unpaired) electrons. The van der Waals surface area contributed by atoms with Gasteiger partial charge in [-0.25, -0.2) is 4.90 Å². The lowest BCUT2D eigenvalue weighted by Crippen LogP contribution is -2.34. The van der Waals surface area contributed by atoms with Crippen molar-refractivity contribution in [2.24, 2.45) is 0 Å². The smallest absolute Gasteiger partial charge is 0.295 e. The molecule has 2 aromatic rings. The van der Waals surface area contributed by atoms with Crippen molar-refractivity contribution in [3.8, 4) is 0 Å². The fourth-order valence-corrected chi connectivity index (χ4v) is 3.32. The van der Waals surface area contributed by atoms with Gasteiger partial charge in [-0.3, -0.25) is 9.59 Å². The van der Waals surface area contributed by atoms with Crippen molar-refractivity contribution in [1.29, 1.82) is 0 Å². The van der Waals surface area contributed by atoms with Crippen LogP contribution in [0, 0.1) is 13.8 Å².